The van der Waals surface area contributed by atoms with E-state index in [1.165, 1.54) is 18.6 Å². The minimum absolute atomic E-state index is 0.202. The molecule has 3 N–H and O–H groups in total. The van der Waals surface area contributed by atoms with Gasteiger partial charge in [0.15, 0.2) is 0 Å². The highest BCUT2D eigenvalue weighted by Crippen LogP contribution is 2.39. The van der Waals surface area contributed by atoms with Crippen LogP contribution in [0, 0.1) is 5.41 Å². The van der Waals surface area contributed by atoms with Gasteiger partial charge in [-0.2, -0.15) is 0 Å². The van der Waals surface area contributed by atoms with Crippen molar-refractivity contribution in [1.29, 1.82) is 0 Å². The topological polar surface area (TPSA) is 78.4 Å². The summed E-state index contributed by atoms with van der Waals surface area (Å²) in [4.78, 5) is 22.4. The van der Waals surface area contributed by atoms with Gasteiger partial charge in [0.05, 0.1) is 5.56 Å². The maximum Gasteiger partial charge on any atom is 0.335 e. The first-order valence-electron chi connectivity index (χ1n) is 6.37. The standard InChI is InChI=1S/C14H18N2O3/c1-14(7-2-8-14)9-15-13(19)16-11-5-3-10(4-6-11)12(17)18/h3-6H,2,7-9H2,1H3,(H,17,18)(H2,15,16,19). The van der Waals surface area contributed by atoms with Crippen LogP contribution in [0.3, 0.4) is 0 Å². The molecule has 1 fully saturated rings. The zero-order chi connectivity index (χ0) is 13.9. The summed E-state index contributed by atoms with van der Waals surface area (Å²) in [6, 6.07) is 5.83. The molecule has 0 bridgehead atoms. The van der Waals surface area contributed by atoms with Crippen molar-refractivity contribution >= 4 is 17.7 Å². The number of carboxylic acid groups (broad SMARTS) is 1. The number of carboxylic acids is 1. The van der Waals surface area contributed by atoms with Gasteiger partial charge >= 0.3 is 12.0 Å². The van der Waals surface area contributed by atoms with Gasteiger partial charge in [-0.1, -0.05) is 13.3 Å². The zero-order valence-electron chi connectivity index (χ0n) is 10.9. The largest absolute Gasteiger partial charge is 0.478 e. The smallest absolute Gasteiger partial charge is 0.335 e. The third-order valence-corrected chi connectivity index (χ3v) is 3.63. The Balaban J connectivity index is 1.83. The van der Waals surface area contributed by atoms with Crippen LogP contribution in [0.25, 0.3) is 0 Å². The quantitative estimate of drug-likeness (QED) is 0.780. The van der Waals surface area contributed by atoms with E-state index in [-0.39, 0.29) is 17.0 Å². The van der Waals surface area contributed by atoms with Gasteiger partial charge in [-0.3, -0.25) is 0 Å². The summed E-state index contributed by atoms with van der Waals surface area (Å²) in [5, 5.41) is 14.3. The molecule has 19 heavy (non-hydrogen) atoms. The molecule has 2 rings (SSSR count). The van der Waals surface area contributed by atoms with Gasteiger partial charge in [0, 0.05) is 12.2 Å². The third-order valence-electron chi connectivity index (χ3n) is 3.63. The summed E-state index contributed by atoms with van der Waals surface area (Å²) in [7, 11) is 0. The minimum Gasteiger partial charge on any atom is -0.478 e. The van der Waals surface area contributed by atoms with Crippen molar-refractivity contribution in [2.75, 3.05) is 11.9 Å². The van der Waals surface area contributed by atoms with Crippen molar-refractivity contribution in [2.24, 2.45) is 5.41 Å². The molecule has 5 nitrogen and oxygen atoms in total. The predicted molar refractivity (Wildman–Crippen MR) is 72.4 cm³/mol. The molecule has 2 amide bonds. The normalized spacial score (nSPS) is 16.3. The lowest BCUT2D eigenvalue weighted by molar-refractivity contribution is 0.0697. The molecule has 1 aromatic carbocycles. The summed E-state index contributed by atoms with van der Waals surface area (Å²) in [6.45, 7) is 2.84. The minimum atomic E-state index is -0.978. The Morgan fingerprint density at radius 1 is 1.26 bits per heavy atom. The third kappa shape index (κ3) is 3.47. The van der Waals surface area contributed by atoms with Crippen LogP contribution < -0.4 is 10.6 Å². The zero-order valence-corrected chi connectivity index (χ0v) is 10.9. The molecule has 1 aromatic rings. The van der Waals surface area contributed by atoms with Crippen LogP contribution in [0.2, 0.25) is 0 Å². The highest BCUT2D eigenvalue weighted by atomic mass is 16.4. The van der Waals surface area contributed by atoms with Crippen LogP contribution in [0.1, 0.15) is 36.5 Å². The van der Waals surface area contributed by atoms with E-state index in [0.717, 1.165) is 12.8 Å². The van der Waals surface area contributed by atoms with Gasteiger partial charge in [0.1, 0.15) is 0 Å². The Labute approximate surface area is 112 Å². The van der Waals surface area contributed by atoms with Gasteiger partial charge in [0.25, 0.3) is 0 Å². The van der Waals surface area contributed by atoms with Crippen LogP contribution in [0.15, 0.2) is 24.3 Å². The van der Waals surface area contributed by atoms with Crippen molar-refractivity contribution in [3.05, 3.63) is 29.8 Å². The molecule has 0 spiro atoms. The van der Waals surface area contributed by atoms with E-state index < -0.39 is 5.97 Å². The highest BCUT2D eigenvalue weighted by Gasteiger charge is 2.31. The predicted octanol–water partition coefficient (Wildman–Crippen LogP) is 2.70. The molecule has 0 atom stereocenters. The second-order valence-corrected chi connectivity index (χ2v) is 5.35. The monoisotopic (exact) mass is 262 g/mol. The van der Waals surface area contributed by atoms with Crippen LogP contribution in [0.4, 0.5) is 10.5 Å². The maximum atomic E-state index is 11.7. The Hall–Kier alpha value is -2.04. The molecule has 0 radical (unpaired) electrons. The van der Waals surface area contributed by atoms with Crippen molar-refractivity contribution in [3.8, 4) is 0 Å². The second kappa shape index (κ2) is 5.30. The molecule has 0 saturated heterocycles. The van der Waals surface area contributed by atoms with Gasteiger partial charge in [-0.05, 0) is 42.5 Å². The summed E-state index contributed by atoms with van der Waals surface area (Å²) in [5.74, 6) is -0.978. The Morgan fingerprint density at radius 2 is 1.89 bits per heavy atom. The molecule has 1 aliphatic rings. The average Bonchev–Trinajstić information content (AvgIpc) is 2.35. The molecule has 5 heteroatoms. The van der Waals surface area contributed by atoms with E-state index in [4.69, 9.17) is 5.11 Å². The van der Waals surface area contributed by atoms with Gasteiger partial charge in [-0.25, -0.2) is 9.59 Å². The molecule has 102 valence electrons. The number of urea groups is 1. The van der Waals surface area contributed by atoms with Crippen LogP contribution >= 0.6 is 0 Å². The van der Waals surface area contributed by atoms with Crippen molar-refractivity contribution in [3.63, 3.8) is 0 Å². The molecular weight excluding hydrogens is 244 g/mol. The number of hydrogen-bond acceptors (Lipinski definition) is 2. The van der Waals surface area contributed by atoms with Gasteiger partial charge in [-0.15, -0.1) is 0 Å². The molecule has 0 unspecified atom stereocenters. The number of carbonyl (C=O) groups excluding carboxylic acids is 1. The maximum absolute atomic E-state index is 11.7. The van der Waals surface area contributed by atoms with E-state index in [0.29, 0.717) is 12.2 Å². The summed E-state index contributed by atoms with van der Waals surface area (Å²) in [6.07, 6.45) is 3.54. The van der Waals surface area contributed by atoms with Crippen molar-refractivity contribution < 1.29 is 14.7 Å². The Bertz CT molecular complexity index is 478. The lowest BCUT2D eigenvalue weighted by atomic mass is 9.70. The van der Waals surface area contributed by atoms with Gasteiger partial charge in [0.2, 0.25) is 0 Å². The first kappa shape index (κ1) is 13.4. The first-order chi connectivity index (χ1) is 8.98. The Morgan fingerprint density at radius 3 is 2.37 bits per heavy atom. The number of amides is 2. The lowest BCUT2D eigenvalue weighted by Gasteiger charge is -2.38. The number of nitrogens with one attached hydrogen (secondary N) is 2. The van der Waals surface area contributed by atoms with E-state index in [2.05, 4.69) is 17.6 Å². The molecule has 0 aliphatic heterocycles. The van der Waals surface area contributed by atoms with Crippen molar-refractivity contribution in [1.82, 2.24) is 5.32 Å². The number of carbonyl (C=O) groups is 2. The van der Waals surface area contributed by atoms with E-state index in [9.17, 15) is 9.59 Å². The second-order valence-electron chi connectivity index (χ2n) is 5.35. The summed E-state index contributed by atoms with van der Waals surface area (Å²) < 4.78 is 0. The van der Waals surface area contributed by atoms with Crippen LogP contribution in [-0.2, 0) is 0 Å². The molecule has 1 aliphatic carbocycles. The fourth-order valence-electron chi connectivity index (χ4n) is 2.12. The molecule has 1 saturated carbocycles. The fraction of sp³-hybridized carbons (Fsp3) is 0.429. The van der Waals surface area contributed by atoms with Crippen LogP contribution in [0.5, 0.6) is 0 Å². The summed E-state index contributed by atoms with van der Waals surface area (Å²) in [5.41, 5.74) is 1.03. The number of benzene rings is 1. The number of hydrogen-bond donors (Lipinski definition) is 3. The number of rotatable bonds is 4. The van der Waals surface area contributed by atoms with Crippen molar-refractivity contribution in [2.45, 2.75) is 26.2 Å². The van der Waals surface area contributed by atoms with Crippen LogP contribution in [-0.4, -0.2) is 23.7 Å². The lowest BCUT2D eigenvalue weighted by Crippen LogP contribution is -2.41. The SMILES string of the molecule is CC1(CNC(=O)Nc2ccc(C(=O)O)cc2)CCC1. The molecule has 0 aromatic heterocycles. The molecular formula is C14H18N2O3. The fourth-order valence-corrected chi connectivity index (χ4v) is 2.12. The van der Waals surface area contributed by atoms with E-state index in [1.54, 1.807) is 12.1 Å². The van der Waals surface area contributed by atoms with E-state index in [1.807, 2.05) is 0 Å². The number of aromatic carboxylic acids is 1. The number of anilines is 1. The highest BCUT2D eigenvalue weighted by molar-refractivity contribution is 5.91. The Kier molecular flexibility index (Phi) is 3.74. The van der Waals surface area contributed by atoms with E-state index >= 15 is 0 Å². The average molecular weight is 262 g/mol. The van der Waals surface area contributed by atoms with Gasteiger partial charge < -0.3 is 15.7 Å². The molecule has 0 heterocycles. The first-order valence-corrected chi connectivity index (χ1v) is 6.37. The summed E-state index contributed by atoms with van der Waals surface area (Å²) >= 11 is 0.